The standard InChI is InChI=1S/C44H32N2.C44H34N2.C34H30N2/c1-45(31-14-4-2-5-15-31)32-24-26-34(27-25-32)46(33-16-6-3-7-17-33)35-28-29-39-38-20-10-13-23-42(38)44(43(39)30-35)40-21-11-8-18-36(40)37-19-9-12-22-41(37)44;1-45(35-20-10-4-11-21-35)36-26-28-38(29-27-36)46(37-22-12-5-13-23-37)39-30-31-41-40-24-14-15-25-42(40)44(43(41)32-39,33-16-6-2-7-17-33)34-18-8-3-9-19-34;1-34(2)32-17-11-10-16-30(32)31-23-22-29(24-33(31)34)36(27-14-8-5-9-15-27)28-20-18-26(19-21-28)35(3)25-12-6-4-7-13-25/h2-30H,1H3;2-32H,1H3;4-24H,1-3H3. The van der Waals surface area contributed by atoms with Gasteiger partial charge in [-0.25, -0.2) is 0 Å². The second-order valence-electron chi connectivity index (χ2n) is 34.0. The lowest BCUT2D eigenvalue weighted by molar-refractivity contribution is 0.660. The second-order valence-corrected chi connectivity index (χ2v) is 34.0. The van der Waals surface area contributed by atoms with Gasteiger partial charge in [0.1, 0.15) is 0 Å². The Balaban J connectivity index is 0.000000118. The van der Waals surface area contributed by atoms with E-state index in [1.807, 2.05) is 0 Å². The lowest BCUT2D eigenvalue weighted by Gasteiger charge is -2.35. The summed E-state index contributed by atoms with van der Waals surface area (Å²) in [4.78, 5) is 13.8. The lowest BCUT2D eigenvalue weighted by Crippen LogP contribution is -2.28. The molecule has 0 aromatic heterocycles. The molecule has 0 heterocycles. The van der Waals surface area contributed by atoms with Gasteiger partial charge in [-0.05, 0) is 282 Å². The van der Waals surface area contributed by atoms with Gasteiger partial charge in [-0.2, -0.15) is 0 Å². The summed E-state index contributed by atoms with van der Waals surface area (Å²) in [6, 6.07) is 178. The van der Waals surface area contributed by atoms with Crippen molar-refractivity contribution < 1.29 is 0 Å². The van der Waals surface area contributed by atoms with Crippen molar-refractivity contribution in [2.75, 3.05) is 50.5 Å². The third-order valence-corrected chi connectivity index (χ3v) is 26.7. The van der Waals surface area contributed by atoms with Gasteiger partial charge >= 0.3 is 0 Å². The molecule has 0 radical (unpaired) electrons. The van der Waals surface area contributed by atoms with Crippen LogP contribution in [-0.4, -0.2) is 21.1 Å². The van der Waals surface area contributed by atoms with Crippen molar-refractivity contribution in [3.63, 3.8) is 0 Å². The molecule has 128 heavy (non-hydrogen) atoms. The van der Waals surface area contributed by atoms with Crippen LogP contribution in [0.15, 0.2) is 491 Å². The number of fused-ring (bicyclic) bond motifs is 16. The Morgan fingerprint density at radius 2 is 0.320 bits per heavy atom. The Hall–Kier alpha value is -16.0. The highest BCUT2D eigenvalue weighted by atomic mass is 15.2. The van der Waals surface area contributed by atoms with E-state index >= 15 is 0 Å². The number of benzene rings is 19. The van der Waals surface area contributed by atoms with Crippen LogP contribution in [0.1, 0.15) is 69.5 Å². The average molecular weight is 1650 g/mol. The zero-order chi connectivity index (χ0) is 86.3. The Kier molecular flexibility index (Phi) is 20.8. The molecule has 19 aromatic carbocycles. The third-order valence-electron chi connectivity index (χ3n) is 26.7. The quantitative estimate of drug-likeness (QED) is 0.0899. The maximum Gasteiger partial charge on any atom is 0.0726 e. The van der Waals surface area contributed by atoms with Crippen LogP contribution >= 0.6 is 0 Å². The van der Waals surface area contributed by atoms with Crippen molar-refractivity contribution in [1.82, 2.24) is 0 Å². The summed E-state index contributed by atoms with van der Waals surface area (Å²) >= 11 is 0. The maximum atomic E-state index is 2.45. The zero-order valence-corrected chi connectivity index (χ0v) is 72.4. The molecule has 23 rings (SSSR count). The highest BCUT2D eigenvalue weighted by molar-refractivity contribution is 5.98. The van der Waals surface area contributed by atoms with Crippen LogP contribution in [0.25, 0.3) is 44.5 Å². The molecule has 0 amide bonds. The minimum absolute atomic E-state index is 0.0352. The minimum Gasteiger partial charge on any atom is -0.345 e. The van der Waals surface area contributed by atoms with Crippen LogP contribution < -0.4 is 29.4 Å². The van der Waals surface area contributed by atoms with Gasteiger partial charge in [-0.15, -0.1) is 0 Å². The van der Waals surface area contributed by atoms with Gasteiger partial charge in [-0.1, -0.05) is 323 Å². The summed E-state index contributed by atoms with van der Waals surface area (Å²) in [5.41, 5.74) is 40.1. The maximum absolute atomic E-state index is 2.45. The molecule has 0 bridgehead atoms. The fourth-order valence-corrected chi connectivity index (χ4v) is 20.6. The summed E-state index contributed by atoms with van der Waals surface area (Å²) < 4.78 is 0. The third kappa shape index (κ3) is 13.8. The lowest BCUT2D eigenvalue weighted by atomic mass is 9.67. The molecule has 1 spiro atoms. The highest BCUT2D eigenvalue weighted by Crippen LogP contribution is 2.64. The van der Waals surface area contributed by atoms with Crippen LogP contribution in [0, 0.1) is 0 Å². The number of para-hydroxylation sites is 6. The van der Waals surface area contributed by atoms with Gasteiger partial charge < -0.3 is 29.4 Å². The first-order valence-electron chi connectivity index (χ1n) is 44.3. The van der Waals surface area contributed by atoms with E-state index < -0.39 is 5.41 Å². The molecule has 614 valence electrons. The molecule has 0 saturated heterocycles. The number of nitrogens with zero attached hydrogens (tertiary/aromatic N) is 6. The van der Waals surface area contributed by atoms with E-state index in [-0.39, 0.29) is 10.8 Å². The topological polar surface area (TPSA) is 19.4 Å². The minimum atomic E-state index is -0.449. The Morgan fingerprint density at radius 1 is 0.141 bits per heavy atom. The normalized spacial score (nSPS) is 12.9. The van der Waals surface area contributed by atoms with Gasteiger partial charge in [-0.3, -0.25) is 0 Å². The first-order valence-corrected chi connectivity index (χ1v) is 44.3. The largest absolute Gasteiger partial charge is 0.345 e. The molecule has 4 aliphatic carbocycles. The Labute approximate surface area is 752 Å². The Morgan fingerprint density at radius 3 is 0.617 bits per heavy atom. The van der Waals surface area contributed by atoms with Crippen molar-refractivity contribution in [1.29, 1.82) is 0 Å². The smallest absolute Gasteiger partial charge is 0.0726 e. The van der Waals surface area contributed by atoms with E-state index in [0.29, 0.717) is 0 Å². The molecule has 0 saturated carbocycles. The van der Waals surface area contributed by atoms with E-state index in [1.165, 1.54) is 112 Å². The summed E-state index contributed by atoms with van der Waals surface area (Å²) in [5, 5.41) is 0. The van der Waals surface area contributed by atoms with Crippen molar-refractivity contribution in [2.24, 2.45) is 0 Å². The molecule has 4 aliphatic rings. The number of anilines is 15. The number of hydrogen-bond donors (Lipinski definition) is 0. The van der Waals surface area contributed by atoms with Crippen molar-refractivity contribution >= 4 is 85.3 Å². The van der Waals surface area contributed by atoms with Crippen molar-refractivity contribution in [2.45, 2.75) is 30.1 Å². The molecule has 0 aliphatic heterocycles. The molecule has 6 heteroatoms. The predicted molar refractivity (Wildman–Crippen MR) is 538 cm³/mol. The molecular weight excluding hydrogens is 1550 g/mol. The molecular formula is C122H96N6. The van der Waals surface area contributed by atoms with Crippen LogP contribution in [-0.2, 0) is 16.2 Å². The van der Waals surface area contributed by atoms with E-state index in [0.717, 1.165) is 73.9 Å². The van der Waals surface area contributed by atoms with Crippen LogP contribution in [0.5, 0.6) is 0 Å². The van der Waals surface area contributed by atoms with Crippen LogP contribution in [0.3, 0.4) is 0 Å². The van der Waals surface area contributed by atoms with Crippen molar-refractivity contribution in [3.8, 4) is 44.5 Å². The highest BCUT2D eigenvalue weighted by Gasteiger charge is 2.52. The summed E-state index contributed by atoms with van der Waals surface area (Å²) in [5.74, 6) is 0. The van der Waals surface area contributed by atoms with E-state index in [9.17, 15) is 0 Å². The molecule has 0 fully saturated rings. The summed E-state index contributed by atoms with van der Waals surface area (Å²) in [6.45, 7) is 4.67. The predicted octanol–water partition coefficient (Wildman–Crippen LogP) is 31.8. The first kappa shape index (κ1) is 79.2. The van der Waals surface area contributed by atoms with E-state index in [2.05, 4.69) is 556 Å². The summed E-state index contributed by atoms with van der Waals surface area (Å²) in [7, 11) is 6.35. The van der Waals surface area contributed by atoms with Crippen LogP contribution in [0.4, 0.5) is 85.3 Å². The molecule has 6 nitrogen and oxygen atoms in total. The molecule has 19 aromatic rings. The van der Waals surface area contributed by atoms with Crippen molar-refractivity contribution in [3.05, 3.63) is 547 Å². The summed E-state index contributed by atoms with van der Waals surface area (Å²) in [6.07, 6.45) is 0. The van der Waals surface area contributed by atoms with Gasteiger partial charge in [0.15, 0.2) is 0 Å². The van der Waals surface area contributed by atoms with Gasteiger partial charge in [0.05, 0.1) is 10.8 Å². The SMILES string of the molecule is CN(c1ccccc1)c1ccc(N(c2ccccc2)c2ccc3c(c2)C(C)(C)c2ccccc2-3)cc1.CN(c1ccccc1)c1ccc(N(c2ccccc2)c2ccc3c(c2)C(c2ccccc2)(c2ccccc2)c2ccccc2-3)cc1.CN(c1ccccc1)c1ccc(N(c2ccccc2)c2ccc3c(c2)C2(c4ccccc4-c4ccccc42)c2ccccc2-3)cc1. The fourth-order valence-electron chi connectivity index (χ4n) is 20.6. The number of rotatable bonds is 17. The fraction of sp³-hybridized carbons (Fsp3) is 0.0656. The zero-order valence-electron chi connectivity index (χ0n) is 72.4. The Bertz CT molecular complexity index is 6840. The average Bonchev–Trinajstić information content (AvgIpc) is 1.51. The molecule has 0 N–H and O–H groups in total. The van der Waals surface area contributed by atoms with Crippen LogP contribution in [0.2, 0.25) is 0 Å². The first-order chi connectivity index (χ1) is 63.0. The molecule has 0 atom stereocenters. The molecule has 0 unspecified atom stereocenters. The van der Waals surface area contributed by atoms with Gasteiger partial charge in [0.2, 0.25) is 0 Å². The monoisotopic (exact) mass is 1640 g/mol. The second kappa shape index (κ2) is 33.6. The van der Waals surface area contributed by atoms with E-state index in [1.54, 1.807) is 0 Å². The number of hydrogen-bond acceptors (Lipinski definition) is 6. The van der Waals surface area contributed by atoms with Gasteiger partial charge in [0.25, 0.3) is 0 Å². The van der Waals surface area contributed by atoms with E-state index in [4.69, 9.17) is 0 Å². The van der Waals surface area contributed by atoms with Gasteiger partial charge in [0, 0.05) is 112 Å².